The number of hydrogen-bond donors (Lipinski definition) is 1. The second-order valence-electron chi connectivity index (χ2n) is 4.92. The molecule has 2 unspecified atom stereocenters. The van der Waals surface area contributed by atoms with Crippen LogP contribution in [0.4, 0.5) is 11.8 Å². The van der Waals surface area contributed by atoms with Gasteiger partial charge in [0, 0.05) is 24.3 Å². The zero-order valence-corrected chi connectivity index (χ0v) is 10.3. The Morgan fingerprint density at radius 1 is 1.38 bits per heavy atom. The van der Waals surface area contributed by atoms with E-state index in [1.165, 1.54) is 12.8 Å². The van der Waals surface area contributed by atoms with E-state index in [-0.39, 0.29) is 0 Å². The molecule has 0 radical (unpaired) electrons. The molecule has 0 spiro atoms. The summed E-state index contributed by atoms with van der Waals surface area (Å²) in [4.78, 5) is 10.8. The highest BCUT2D eigenvalue weighted by atomic mass is 15.2. The normalized spacial score (nSPS) is 25.8. The predicted octanol–water partition coefficient (Wildman–Crippen LogP) is 1.99. The average Bonchev–Trinajstić information content (AvgIpc) is 2.25. The van der Waals surface area contributed by atoms with Gasteiger partial charge in [-0.2, -0.15) is 4.98 Å². The molecule has 1 aromatic rings. The molecule has 0 bridgehead atoms. The molecule has 0 saturated carbocycles. The third-order valence-electron chi connectivity index (χ3n) is 3.35. The molecule has 2 rings (SSSR count). The smallest absolute Gasteiger partial charge is 0.221 e. The lowest BCUT2D eigenvalue weighted by atomic mass is 9.95. The summed E-state index contributed by atoms with van der Waals surface area (Å²) in [5.74, 6) is 2.10. The van der Waals surface area contributed by atoms with Crippen molar-refractivity contribution >= 4 is 11.8 Å². The first-order chi connectivity index (χ1) is 7.58. The van der Waals surface area contributed by atoms with Gasteiger partial charge >= 0.3 is 0 Å². The molecular weight excluding hydrogens is 200 g/mol. The first kappa shape index (κ1) is 11.2. The van der Waals surface area contributed by atoms with Gasteiger partial charge in [-0.1, -0.05) is 6.92 Å². The monoisotopic (exact) mass is 220 g/mol. The van der Waals surface area contributed by atoms with Crippen LogP contribution >= 0.6 is 0 Å². The van der Waals surface area contributed by atoms with E-state index in [0.29, 0.717) is 12.0 Å². The molecule has 1 fully saturated rings. The van der Waals surface area contributed by atoms with Crippen LogP contribution in [0, 0.1) is 12.8 Å². The van der Waals surface area contributed by atoms with Crippen molar-refractivity contribution in [2.45, 2.75) is 39.7 Å². The summed E-state index contributed by atoms with van der Waals surface area (Å²) in [7, 11) is 0. The SMILES string of the molecule is Cc1cnc(N)nc1N1CC(C)CCC1C. The largest absolute Gasteiger partial charge is 0.368 e. The highest BCUT2D eigenvalue weighted by Crippen LogP contribution is 2.28. The Morgan fingerprint density at radius 3 is 2.88 bits per heavy atom. The van der Waals surface area contributed by atoms with Crippen molar-refractivity contribution in [2.75, 3.05) is 17.2 Å². The van der Waals surface area contributed by atoms with Gasteiger partial charge in [-0.3, -0.25) is 0 Å². The fourth-order valence-electron chi connectivity index (χ4n) is 2.32. The van der Waals surface area contributed by atoms with Crippen molar-refractivity contribution in [2.24, 2.45) is 5.92 Å². The first-order valence-electron chi connectivity index (χ1n) is 5.93. The van der Waals surface area contributed by atoms with Crippen molar-refractivity contribution in [3.63, 3.8) is 0 Å². The maximum absolute atomic E-state index is 5.67. The highest BCUT2D eigenvalue weighted by Gasteiger charge is 2.25. The number of piperidine rings is 1. The lowest BCUT2D eigenvalue weighted by Gasteiger charge is -2.38. The Labute approximate surface area is 96.9 Å². The minimum atomic E-state index is 0.367. The zero-order chi connectivity index (χ0) is 11.7. The number of aryl methyl sites for hydroxylation is 1. The number of nitrogen functional groups attached to an aromatic ring is 1. The molecule has 4 nitrogen and oxygen atoms in total. The topological polar surface area (TPSA) is 55.0 Å². The Morgan fingerprint density at radius 2 is 2.12 bits per heavy atom. The van der Waals surface area contributed by atoms with Gasteiger partial charge in [0.1, 0.15) is 5.82 Å². The standard InChI is InChI=1S/C12H20N4/c1-8-4-5-10(3)16(7-8)11-9(2)6-14-12(13)15-11/h6,8,10H,4-5,7H2,1-3H3,(H2,13,14,15). The molecule has 1 aromatic heterocycles. The van der Waals surface area contributed by atoms with Gasteiger partial charge in [-0.15, -0.1) is 0 Å². The van der Waals surface area contributed by atoms with E-state index in [9.17, 15) is 0 Å². The second kappa shape index (κ2) is 4.28. The summed E-state index contributed by atoms with van der Waals surface area (Å²) < 4.78 is 0. The van der Waals surface area contributed by atoms with Crippen molar-refractivity contribution < 1.29 is 0 Å². The van der Waals surface area contributed by atoms with Crippen LogP contribution in [0.3, 0.4) is 0 Å². The third kappa shape index (κ3) is 2.10. The van der Waals surface area contributed by atoms with Crippen LogP contribution in [0.5, 0.6) is 0 Å². The van der Waals surface area contributed by atoms with Gasteiger partial charge in [0.2, 0.25) is 5.95 Å². The van der Waals surface area contributed by atoms with E-state index in [0.717, 1.165) is 23.8 Å². The summed E-state index contributed by atoms with van der Waals surface area (Å²) >= 11 is 0. The second-order valence-corrected chi connectivity index (χ2v) is 4.92. The lowest BCUT2D eigenvalue weighted by molar-refractivity contribution is 0.387. The Bertz CT molecular complexity index is 377. The molecule has 1 saturated heterocycles. The first-order valence-corrected chi connectivity index (χ1v) is 5.93. The third-order valence-corrected chi connectivity index (χ3v) is 3.35. The van der Waals surface area contributed by atoms with Gasteiger partial charge in [0.05, 0.1) is 0 Å². The van der Waals surface area contributed by atoms with E-state index in [1.807, 2.05) is 13.1 Å². The molecule has 0 amide bonds. The van der Waals surface area contributed by atoms with Crippen LogP contribution in [-0.4, -0.2) is 22.6 Å². The van der Waals surface area contributed by atoms with Gasteiger partial charge in [-0.05, 0) is 32.6 Å². The summed E-state index contributed by atoms with van der Waals surface area (Å²) in [5.41, 5.74) is 6.77. The zero-order valence-electron chi connectivity index (χ0n) is 10.3. The van der Waals surface area contributed by atoms with Crippen LogP contribution < -0.4 is 10.6 Å². The van der Waals surface area contributed by atoms with Gasteiger partial charge in [-0.25, -0.2) is 4.98 Å². The van der Waals surface area contributed by atoms with Gasteiger partial charge in [0.15, 0.2) is 0 Å². The molecule has 16 heavy (non-hydrogen) atoms. The van der Waals surface area contributed by atoms with E-state index >= 15 is 0 Å². The van der Waals surface area contributed by atoms with Gasteiger partial charge in [0.25, 0.3) is 0 Å². The van der Waals surface area contributed by atoms with E-state index < -0.39 is 0 Å². The lowest BCUT2D eigenvalue weighted by Crippen LogP contribution is -2.42. The molecule has 2 N–H and O–H groups in total. The Kier molecular flexibility index (Phi) is 2.99. The molecule has 4 heteroatoms. The van der Waals surface area contributed by atoms with Crippen LogP contribution in [0.2, 0.25) is 0 Å². The number of anilines is 2. The van der Waals surface area contributed by atoms with Crippen molar-refractivity contribution in [3.8, 4) is 0 Å². The number of aromatic nitrogens is 2. The van der Waals surface area contributed by atoms with Crippen LogP contribution in [-0.2, 0) is 0 Å². The van der Waals surface area contributed by atoms with Gasteiger partial charge < -0.3 is 10.6 Å². The van der Waals surface area contributed by atoms with Crippen LogP contribution in [0.1, 0.15) is 32.3 Å². The van der Waals surface area contributed by atoms with Crippen LogP contribution in [0.25, 0.3) is 0 Å². The quantitative estimate of drug-likeness (QED) is 0.786. The minimum Gasteiger partial charge on any atom is -0.368 e. The molecule has 2 heterocycles. The minimum absolute atomic E-state index is 0.367. The average molecular weight is 220 g/mol. The molecule has 88 valence electrons. The highest BCUT2D eigenvalue weighted by molar-refractivity contribution is 5.49. The molecule has 1 aliphatic rings. The number of nitrogens with two attached hydrogens (primary N) is 1. The van der Waals surface area contributed by atoms with E-state index in [4.69, 9.17) is 5.73 Å². The van der Waals surface area contributed by atoms with E-state index in [2.05, 4.69) is 28.7 Å². The Hall–Kier alpha value is -1.32. The maximum Gasteiger partial charge on any atom is 0.221 e. The molecular formula is C12H20N4. The van der Waals surface area contributed by atoms with Crippen molar-refractivity contribution in [1.82, 2.24) is 9.97 Å². The van der Waals surface area contributed by atoms with Crippen LogP contribution in [0.15, 0.2) is 6.20 Å². The Balaban J connectivity index is 2.30. The van der Waals surface area contributed by atoms with E-state index in [1.54, 1.807) is 0 Å². The summed E-state index contributed by atoms with van der Waals surface area (Å²) in [6.45, 7) is 7.65. The molecule has 0 aromatic carbocycles. The fraction of sp³-hybridized carbons (Fsp3) is 0.667. The summed E-state index contributed by atoms with van der Waals surface area (Å²) in [5, 5.41) is 0. The molecule has 0 aliphatic carbocycles. The molecule has 1 aliphatic heterocycles. The maximum atomic E-state index is 5.67. The number of nitrogens with zero attached hydrogens (tertiary/aromatic N) is 3. The van der Waals surface area contributed by atoms with Crippen molar-refractivity contribution in [1.29, 1.82) is 0 Å². The van der Waals surface area contributed by atoms with Crippen molar-refractivity contribution in [3.05, 3.63) is 11.8 Å². The molecule has 2 atom stereocenters. The number of hydrogen-bond acceptors (Lipinski definition) is 4. The number of rotatable bonds is 1. The fourth-order valence-corrected chi connectivity index (χ4v) is 2.32. The predicted molar refractivity (Wildman–Crippen MR) is 66.4 cm³/mol. The summed E-state index contributed by atoms with van der Waals surface area (Å²) in [6.07, 6.45) is 4.34. The summed E-state index contributed by atoms with van der Waals surface area (Å²) in [6, 6.07) is 0.546.